The summed E-state index contributed by atoms with van der Waals surface area (Å²) < 4.78 is 0. The van der Waals surface area contributed by atoms with Crippen molar-refractivity contribution in [1.82, 2.24) is 5.32 Å². The molecule has 3 aliphatic rings. The highest BCUT2D eigenvalue weighted by Gasteiger charge is 2.45. The second kappa shape index (κ2) is 3.86. The minimum absolute atomic E-state index is 0.237. The van der Waals surface area contributed by atoms with Gasteiger partial charge in [-0.15, -0.1) is 0 Å². The maximum Gasteiger partial charge on any atom is 0.0647 e. The summed E-state index contributed by atoms with van der Waals surface area (Å²) in [5.74, 6) is 0.478. The molecular formula is C16H22N2. The molecule has 3 rings (SSSR count). The fourth-order valence-corrected chi connectivity index (χ4v) is 3.95. The van der Waals surface area contributed by atoms with Crippen molar-refractivity contribution in [3.8, 4) is 0 Å². The summed E-state index contributed by atoms with van der Waals surface area (Å²) in [5.41, 5.74) is 13.3. The van der Waals surface area contributed by atoms with Gasteiger partial charge >= 0.3 is 0 Å². The lowest BCUT2D eigenvalue weighted by Gasteiger charge is -2.48. The van der Waals surface area contributed by atoms with Gasteiger partial charge in [0, 0.05) is 17.3 Å². The predicted octanol–water partition coefficient (Wildman–Crippen LogP) is 3.15. The molecule has 3 N–H and O–H groups in total. The normalized spacial score (nSPS) is 37.3. The van der Waals surface area contributed by atoms with E-state index in [2.05, 4.69) is 37.9 Å². The molecule has 0 amide bonds. The van der Waals surface area contributed by atoms with Gasteiger partial charge in [-0.25, -0.2) is 0 Å². The maximum absolute atomic E-state index is 6.81. The van der Waals surface area contributed by atoms with Gasteiger partial charge in [0.2, 0.25) is 0 Å². The Kier molecular flexibility index (Phi) is 2.53. The highest BCUT2D eigenvalue weighted by Crippen LogP contribution is 2.49. The van der Waals surface area contributed by atoms with Crippen LogP contribution in [0.15, 0.2) is 46.8 Å². The van der Waals surface area contributed by atoms with E-state index in [9.17, 15) is 0 Å². The van der Waals surface area contributed by atoms with Gasteiger partial charge in [0.1, 0.15) is 0 Å². The van der Waals surface area contributed by atoms with Gasteiger partial charge in [-0.3, -0.25) is 0 Å². The van der Waals surface area contributed by atoms with Crippen LogP contribution in [0, 0.1) is 5.92 Å². The van der Waals surface area contributed by atoms with Crippen LogP contribution in [0.2, 0.25) is 0 Å². The lowest BCUT2D eigenvalue weighted by Crippen LogP contribution is -2.52. The van der Waals surface area contributed by atoms with E-state index in [1.165, 1.54) is 22.4 Å². The minimum Gasteiger partial charge on any atom is -0.363 e. The molecule has 1 unspecified atom stereocenters. The molecule has 0 aromatic carbocycles. The van der Waals surface area contributed by atoms with Gasteiger partial charge in [-0.05, 0) is 50.7 Å². The highest BCUT2D eigenvalue weighted by molar-refractivity contribution is 5.51. The van der Waals surface area contributed by atoms with Crippen LogP contribution in [0.5, 0.6) is 0 Å². The standard InChI is InChI=1S/C16H22N2/c1-4-13-12-7-10(2)9-16(13,17)14-6-5-11(3)18-15(14)8-12/h4,7,12,18H,3,5-6,8-9,17H2,1-2H3/b13-4+/t12?,16-/m1/s1. The van der Waals surface area contributed by atoms with Crippen molar-refractivity contribution in [3.05, 3.63) is 46.8 Å². The predicted molar refractivity (Wildman–Crippen MR) is 75.7 cm³/mol. The van der Waals surface area contributed by atoms with E-state index in [0.717, 1.165) is 31.4 Å². The monoisotopic (exact) mass is 242 g/mol. The smallest absolute Gasteiger partial charge is 0.0647 e. The first-order valence-electron chi connectivity index (χ1n) is 6.84. The Bertz CT molecular complexity index is 507. The van der Waals surface area contributed by atoms with Crippen molar-refractivity contribution in [2.24, 2.45) is 11.7 Å². The lowest BCUT2D eigenvalue weighted by atomic mass is 9.62. The van der Waals surface area contributed by atoms with Crippen LogP contribution in [0.25, 0.3) is 0 Å². The third-order valence-corrected chi connectivity index (χ3v) is 4.60. The Morgan fingerprint density at radius 1 is 1.50 bits per heavy atom. The number of fused-ring (bicyclic) bond motifs is 3. The number of hydrogen-bond acceptors (Lipinski definition) is 2. The molecule has 2 atom stereocenters. The Morgan fingerprint density at radius 2 is 2.28 bits per heavy atom. The van der Waals surface area contributed by atoms with Crippen LogP contribution in [0.4, 0.5) is 0 Å². The maximum atomic E-state index is 6.81. The van der Waals surface area contributed by atoms with Crippen LogP contribution < -0.4 is 11.1 Å². The zero-order valence-electron chi connectivity index (χ0n) is 11.3. The van der Waals surface area contributed by atoms with Crippen molar-refractivity contribution in [2.45, 2.75) is 45.1 Å². The van der Waals surface area contributed by atoms with Crippen LogP contribution in [0.1, 0.15) is 39.5 Å². The van der Waals surface area contributed by atoms with Gasteiger partial charge in [0.25, 0.3) is 0 Å². The van der Waals surface area contributed by atoms with Crippen LogP contribution in [-0.4, -0.2) is 5.54 Å². The molecule has 0 aromatic heterocycles. The summed E-state index contributed by atoms with van der Waals surface area (Å²) in [6.07, 6.45) is 8.74. The molecule has 0 aromatic rings. The molecular weight excluding hydrogens is 220 g/mol. The van der Waals surface area contributed by atoms with Crippen LogP contribution in [0.3, 0.4) is 0 Å². The average Bonchev–Trinajstić information content (AvgIpc) is 2.26. The van der Waals surface area contributed by atoms with Gasteiger partial charge < -0.3 is 11.1 Å². The first-order valence-corrected chi connectivity index (χ1v) is 6.84. The first-order chi connectivity index (χ1) is 8.54. The summed E-state index contributed by atoms with van der Waals surface area (Å²) in [5, 5.41) is 3.48. The zero-order chi connectivity index (χ0) is 12.9. The van der Waals surface area contributed by atoms with E-state index >= 15 is 0 Å². The largest absolute Gasteiger partial charge is 0.363 e. The van der Waals surface area contributed by atoms with E-state index in [1.807, 2.05) is 0 Å². The Balaban J connectivity index is 2.13. The van der Waals surface area contributed by atoms with Crippen molar-refractivity contribution in [3.63, 3.8) is 0 Å². The van der Waals surface area contributed by atoms with Gasteiger partial charge in [-0.2, -0.15) is 0 Å². The van der Waals surface area contributed by atoms with Crippen molar-refractivity contribution < 1.29 is 0 Å². The molecule has 0 fully saturated rings. The molecule has 18 heavy (non-hydrogen) atoms. The fourth-order valence-electron chi connectivity index (χ4n) is 3.95. The summed E-state index contributed by atoms with van der Waals surface area (Å²) >= 11 is 0. The fraction of sp³-hybridized carbons (Fsp3) is 0.500. The Morgan fingerprint density at radius 3 is 3.00 bits per heavy atom. The SMILES string of the molecule is C=C1CCC2=C(CC3C=C(C)C[C@@]2(N)/C3=C/C)N1. The average molecular weight is 242 g/mol. The summed E-state index contributed by atoms with van der Waals surface area (Å²) in [6, 6.07) is 0. The van der Waals surface area contributed by atoms with Crippen molar-refractivity contribution in [1.29, 1.82) is 0 Å². The number of nitrogens with one attached hydrogen (secondary N) is 1. The third kappa shape index (κ3) is 1.52. The summed E-state index contributed by atoms with van der Waals surface area (Å²) in [7, 11) is 0. The third-order valence-electron chi connectivity index (χ3n) is 4.60. The molecule has 0 radical (unpaired) electrons. The van der Waals surface area contributed by atoms with E-state index in [0.29, 0.717) is 5.92 Å². The van der Waals surface area contributed by atoms with Crippen LogP contribution >= 0.6 is 0 Å². The number of hydrogen-bond donors (Lipinski definition) is 2. The zero-order valence-corrected chi connectivity index (χ0v) is 11.3. The molecule has 2 bridgehead atoms. The van der Waals surface area contributed by atoms with E-state index in [1.54, 1.807) is 0 Å². The molecule has 0 saturated carbocycles. The molecule has 2 aliphatic carbocycles. The van der Waals surface area contributed by atoms with Gasteiger partial charge in [0.15, 0.2) is 0 Å². The van der Waals surface area contributed by atoms with E-state index in [-0.39, 0.29) is 5.54 Å². The summed E-state index contributed by atoms with van der Waals surface area (Å²) in [6.45, 7) is 8.39. The number of rotatable bonds is 0. The molecule has 2 nitrogen and oxygen atoms in total. The molecule has 2 heteroatoms. The molecule has 0 spiro atoms. The molecule has 0 saturated heterocycles. The lowest BCUT2D eigenvalue weighted by molar-refractivity contribution is 0.417. The van der Waals surface area contributed by atoms with Crippen molar-refractivity contribution in [2.75, 3.05) is 0 Å². The van der Waals surface area contributed by atoms with E-state index < -0.39 is 0 Å². The number of nitrogens with two attached hydrogens (primary N) is 1. The van der Waals surface area contributed by atoms with Gasteiger partial charge in [0.05, 0.1) is 5.54 Å². The van der Waals surface area contributed by atoms with E-state index in [4.69, 9.17) is 5.73 Å². The second-order valence-electron chi connectivity index (χ2n) is 5.90. The highest BCUT2D eigenvalue weighted by atomic mass is 14.9. The quantitative estimate of drug-likeness (QED) is 0.640. The minimum atomic E-state index is -0.237. The molecule has 1 aliphatic heterocycles. The summed E-state index contributed by atoms with van der Waals surface area (Å²) in [4.78, 5) is 0. The molecule has 1 heterocycles. The number of allylic oxidation sites excluding steroid dienone is 4. The first kappa shape index (κ1) is 11.8. The van der Waals surface area contributed by atoms with Crippen molar-refractivity contribution >= 4 is 0 Å². The Hall–Kier alpha value is -1.28. The Labute approximate surface area is 109 Å². The second-order valence-corrected chi connectivity index (χ2v) is 5.90. The van der Waals surface area contributed by atoms with Crippen LogP contribution in [-0.2, 0) is 0 Å². The molecule has 96 valence electrons. The topological polar surface area (TPSA) is 38.0 Å². The van der Waals surface area contributed by atoms with Gasteiger partial charge in [-0.1, -0.05) is 24.3 Å².